The number of nitrogens with zero attached hydrogens (tertiary/aromatic N) is 2. The summed E-state index contributed by atoms with van der Waals surface area (Å²) < 4.78 is 14.0. The predicted molar refractivity (Wildman–Crippen MR) is 82.0 cm³/mol. The number of hydrogen-bond acceptors (Lipinski definition) is 4. The van der Waals surface area contributed by atoms with Crippen LogP contribution in [0, 0.1) is 12.7 Å². The fourth-order valence-corrected chi connectivity index (χ4v) is 3.02. The molecule has 22 heavy (non-hydrogen) atoms. The Hall–Kier alpha value is -2.21. The number of para-hydroxylation sites is 1. The van der Waals surface area contributed by atoms with Crippen LogP contribution in [0.15, 0.2) is 24.3 Å². The standard InChI is InChI=1S/C16H18FN3O2/c1-10-8-13(11-4-2-5-12(17)14(11)19-10)20-7-3-6-16(22,9-20)15(18)21/h2,4-5,8,22H,3,6-7,9H2,1H3,(H2,18,21)/t16-/m0/s1. The van der Waals surface area contributed by atoms with Gasteiger partial charge in [-0.2, -0.15) is 0 Å². The van der Waals surface area contributed by atoms with Crippen molar-refractivity contribution in [1.82, 2.24) is 4.98 Å². The van der Waals surface area contributed by atoms with Gasteiger partial charge in [0.05, 0.1) is 6.54 Å². The number of aliphatic hydroxyl groups is 1. The minimum Gasteiger partial charge on any atom is -0.378 e. The van der Waals surface area contributed by atoms with E-state index in [9.17, 15) is 14.3 Å². The van der Waals surface area contributed by atoms with Crippen LogP contribution in [0.25, 0.3) is 10.9 Å². The Labute approximate surface area is 127 Å². The number of amides is 1. The number of aromatic nitrogens is 1. The van der Waals surface area contributed by atoms with Crippen LogP contribution in [0.2, 0.25) is 0 Å². The molecule has 1 aromatic heterocycles. The SMILES string of the molecule is Cc1cc(N2CCC[C@@](O)(C(N)=O)C2)c2cccc(F)c2n1. The first-order valence-corrected chi connectivity index (χ1v) is 7.24. The second-order valence-corrected chi connectivity index (χ2v) is 5.84. The van der Waals surface area contributed by atoms with E-state index in [1.54, 1.807) is 19.1 Å². The number of primary amides is 1. The lowest BCUT2D eigenvalue weighted by atomic mass is 9.91. The highest BCUT2D eigenvalue weighted by molar-refractivity contribution is 5.93. The first-order valence-electron chi connectivity index (χ1n) is 7.24. The van der Waals surface area contributed by atoms with Crippen molar-refractivity contribution in [1.29, 1.82) is 0 Å². The zero-order valence-corrected chi connectivity index (χ0v) is 12.3. The zero-order chi connectivity index (χ0) is 15.9. The van der Waals surface area contributed by atoms with E-state index in [2.05, 4.69) is 4.98 Å². The fraction of sp³-hybridized carbons (Fsp3) is 0.375. The molecule has 0 aliphatic carbocycles. The molecule has 0 saturated carbocycles. The summed E-state index contributed by atoms with van der Waals surface area (Å²) in [6, 6.07) is 6.63. The molecule has 0 radical (unpaired) electrons. The highest BCUT2D eigenvalue weighted by atomic mass is 19.1. The molecule has 1 amide bonds. The van der Waals surface area contributed by atoms with Gasteiger partial charge in [-0.1, -0.05) is 12.1 Å². The minimum absolute atomic E-state index is 0.109. The van der Waals surface area contributed by atoms with Gasteiger partial charge in [-0.15, -0.1) is 0 Å². The summed E-state index contributed by atoms with van der Waals surface area (Å²) in [5.41, 5.74) is 5.52. The number of anilines is 1. The summed E-state index contributed by atoms with van der Waals surface area (Å²) in [7, 11) is 0. The third-order valence-electron chi connectivity index (χ3n) is 4.17. The predicted octanol–water partition coefficient (Wildman–Crippen LogP) is 1.50. The largest absolute Gasteiger partial charge is 0.378 e. The summed E-state index contributed by atoms with van der Waals surface area (Å²) in [4.78, 5) is 17.6. The lowest BCUT2D eigenvalue weighted by Crippen LogP contribution is -2.56. The van der Waals surface area contributed by atoms with Crippen molar-refractivity contribution >= 4 is 22.5 Å². The number of pyridine rings is 1. The van der Waals surface area contributed by atoms with E-state index in [4.69, 9.17) is 5.73 Å². The van der Waals surface area contributed by atoms with Crippen LogP contribution in [0.5, 0.6) is 0 Å². The minimum atomic E-state index is -1.55. The summed E-state index contributed by atoms with van der Waals surface area (Å²) in [5, 5.41) is 11.0. The highest BCUT2D eigenvalue weighted by Crippen LogP contribution is 2.32. The van der Waals surface area contributed by atoms with E-state index in [0.29, 0.717) is 36.0 Å². The number of benzene rings is 1. The van der Waals surface area contributed by atoms with Crippen molar-refractivity contribution in [2.24, 2.45) is 5.73 Å². The van der Waals surface area contributed by atoms with Gasteiger partial charge in [0.1, 0.15) is 11.3 Å². The molecule has 2 heterocycles. The molecule has 2 aromatic rings. The highest BCUT2D eigenvalue weighted by Gasteiger charge is 2.39. The smallest absolute Gasteiger partial charge is 0.251 e. The van der Waals surface area contributed by atoms with Crippen molar-refractivity contribution in [2.75, 3.05) is 18.0 Å². The first kappa shape index (κ1) is 14.7. The maximum atomic E-state index is 14.0. The average Bonchev–Trinajstić information content (AvgIpc) is 2.47. The topological polar surface area (TPSA) is 79.5 Å². The van der Waals surface area contributed by atoms with Crippen LogP contribution < -0.4 is 10.6 Å². The molecule has 116 valence electrons. The number of hydrogen-bond donors (Lipinski definition) is 2. The van der Waals surface area contributed by atoms with Gasteiger partial charge in [0.25, 0.3) is 5.91 Å². The molecule has 0 bridgehead atoms. The average molecular weight is 303 g/mol. The summed E-state index contributed by atoms with van der Waals surface area (Å²) in [6.07, 6.45) is 0.979. The number of carbonyl (C=O) groups excluding carboxylic acids is 1. The summed E-state index contributed by atoms with van der Waals surface area (Å²) in [6.45, 7) is 2.57. The van der Waals surface area contributed by atoms with Crippen LogP contribution in [0.1, 0.15) is 18.5 Å². The molecule has 0 unspecified atom stereocenters. The van der Waals surface area contributed by atoms with E-state index in [1.807, 2.05) is 11.0 Å². The van der Waals surface area contributed by atoms with Crippen LogP contribution in [0.3, 0.4) is 0 Å². The van der Waals surface area contributed by atoms with Crippen LogP contribution in [-0.2, 0) is 4.79 Å². The molecule has 3 N–H and O–H groups in total. The first-order chi connectivity index (χ1) is 10.4. The molecule has 1 atom stereocenters. The maximum absolute atomic E-state index is 14.0. The summed E-state index contributed by atoms with van der Waals surface area (Å²) in [5.74, 6) is -1.11. The van der Waals surface area contributed by atoms with Gasteiger partial charge in [0.15, 0.2) is 5.60 Å². The number of piperidine rings is 1. The van der Waals surface area contributed by atoms with Crippen molar-refractivity contribution in [3.8, 4) is 0 Å². The van der Waals surface area contributed by atoms with E-state index < -0.39 is 11.5 Å². The number of nitrogens with two attached hydrogens (primary N) is 1. The Morgan fingerprint density at radius 1 is 1.50 bits per heavy atom. The Bertz CT molecular complexity index is 749. The van der Waals surface area contributed by atoms with Crippen LogP contribution in [0.4, 0.5) is 10.1 Å². The molecule has 3 rings (SSSR count). The molecular formula is C16H18FN3O2. The third-order valence-corrected chi connectivity index (χ3v) is 4.17. The van der Waals surface area contributed by atoms with Crippen LogP contribution in [-0.4, -0.2) is 34.7 Å². The maximum Gasteiger partial charge on any atom is 0.251 e. The van der Waals surface area contributed by atoms with Gasteiger partial charge in [-0.25, -0.2) is 9.37 Å². The van der Waals surface area contributed by atoms with E-state index in [-0.39, 0.29) is 12.4 Å². The molecule has 0 spiro atoms. The Balaban J connectivity index is 2.10. The van der Waals surface area contributed by atoms with Gasteiger partial charge in [0.2, 0.25) is 0 Å². The van der Waals surface area contributed by atoms with Gasteiger partial charge >= 0.3 is 0 Å². The number of rotatable bonds is 2. The van der Waals surface area contributed by atoms with Crippen molar-refractivity contribution in [3.63, 3.8) is 0 Å². The zero-order valence-electron chi connectivity index (χ0n) is 12.3. The van der Waals surface area contributed by atoms with Crippen molar-refractivity contribution in [2.45, 2.75) is 25.4 Å². The molecule has 1 aliphatic heterocycles. The Morgan fingerprint density at radius 2 is 2.27 bits per heavy atom. The number of aryl methyl sites for hydroxylation is 1. The monoisotopic (exact) mass is 303 g/mol. The second kappa shape index (κ2) is 5.21. The number of β-amino-alcohol motifs (C(OH)–C–C–N with tert-alkyl or cyclic N) is 1. The molecule has 5 nitrogen and oxygen atoms in total. The molecular weight excluding hydrogens is 285 g/mol. The fourth-order valence-electron chi connectivity index (χ4n) is 3.02. The number of fused-ring (bicyclic) bond motifs is 1. The van der Waals surface area contributed by atoms with Crippen molar-refractivity contribution in [3.05, 3.63) is 35.8 Å². The Morgan fingerprint density at radius 3 is 3.00 bits per heavy atom. The lowest BCUT2D eigenvalue weighted by Gasteiger charge is -2.38. The number of halogens is 1. The van der Waals surface area contributed by atoms with Gasteiger partial charge in [-0.3, -0.25) is 4.79 Å². The second-order valence-electron chi connectivity index (χ2n) is 5.84. The van der Waals surface area contributed by atoms with Crippen LogP contribution >= 0.6 is 0 Å². The normalized spacial score (nSPS) is 22.0. The van der Waals surface area contributed by atoms with Gasteiger partial charge in [-0.05, 0) is 31.9 Å². The van der Waals surface area contributed by atoms with Crippen molar-refractivity contribution < 1.29 is 14.3 Å². The van der Waals surface area contributed by atoms with Gasteiger partial charge < -0.3 is 15.7 Å². The molecule has 1 saturated heterocycles. The van der Waals surface area contributed by atoms with E-state index in [1.165, 1.54) is 6.07 Å². The van der Waals surface area contributed by atoms with Gasteiger partial charge in [0, 0.05) is 23.3 Å². The van der Waals surface area contributed by atoms with E-state index >= 15 is 0 Å². The molecule has 1 aliphatic rings. The lowest BCUT2D eigenvalue weighted by molar-refractivity contribution is -0.137. The quantitative estimate of drug-likeness (QED) is 0.881. The molecule has 1 aromatic carbocycles. The van der Waals surface area contributed by atoms with E-state index in [0.717, 1.165) is 5.69 Å². The molecule has 6 heteroatoms. The number of carbonyl (C=O) groups is 1. The Kier molecular flexibility index (Phi) is 3.48. The summed E-state index contributed by atoms with van der Waals surface area (Å²) >= 11 is 0. The third kappa shape index (κ3) is 2.39. The molecule has 1 fully saturated rings.